The van der Waals surface area contributed by atoms with Crippen LogP contribution < -0.4 is 15.5 Å². The van der Waals surface area contributed by atoms with Crippen LogP contribution in [0.2, 0.25) is 0 Å². The van der Waals surface area contributed by atoms with E-state index in [-0.39, 0.29) is 17.1 Å². The van der Waals surface area contributed by atoms with Crippen molar-refractivity contribution >= 4 is 51.7 Å². The van der Waals surface area contributed by atoms with Crippen LogP contribution in [0.5, 0.6) is 5.75 Å². The van der Waals surface area contributed by atoms with E-state index in [0.717, 1.165) is 0 Å². The molecule has 3 rings (SSSR count). The molecule has 188 valence electrons. The topological polar surface area (TPSA) is 160 Å². The number of ether oxygens (including phenoxy) is 1. The van der Waals surface area contributed by atoms with Gasteiger partial charge in [0.05, 0.1) is 11.1 Å². The molecule has 0 aliphatic carbocycles. The summed E-state index contributed by atoms with van der Waals surface area (Å²) in [6.07, 6.45) is 2.60. The molecular weight excluding hydrogens is 548 g/mol. The molecule has 0 saturated carbocycles. The fourth-order valence-electron chi connectivity index (χ4n) is 2.91. The summed E-state index contributed by atoms with van der Waals surface area (Å²) in [6.45, 7) is -0.567. The summed E-state index contributed by atoms with van der Waals surface area (Å²) in [5.41, 5.74) is 3.11. The maximum Gasteiger partial charge on any atom is 0.341 e. The molecule has 0 aliphatic rings. The monoisotopic (exact) mass is 566 g/mol. The zero-order chi connectivity index (χ0) is 26.8. The Bertz CT molecular complexity index is 1370. The molecule has 0 aromatic heterocycles. The predicted octanol–water partition coefficient (Wildman–Crippen LogP) is 3.74. The molecule has 0 spiro atoms. The molecular formula is C25H19BrN4O7. The molecule has 0 fully saturated rings. The van der Waals surface area contributed by atoms with Crippen molar-refractivity contribution in [2.45, 2.75) is 0 Å². The van der Waals surface area contributed by atoms with Gasteiger partial charge in [-0.15, -0.1) is 0 Å². The zero-order valence-corrected chi connectivity index (χ0v) is 20.5. The lowest BCUT2D eigenvalue weighted by molar-refractivity contribution is -0.384. The van der Waals surface area contributed by atoms with Gasteiger partial charge in [-0.05, 0) is 54.1 Å². The van der Waals surface area contributed by atoms with Gasteiger partial charge in [-0.1, -0.05) is 34.1 Å². The molecule has 3 aromatic carbocycles. The van der Waals surface area contributed by atoms with Crippen LogP contribution in [0, 0.1) is 10.1 Å². The highest BCUT2D eigenvalue weighted by Gasteiger charge is 2.15. The van der Waals surface area contributed by atoms with E-state index in [1.807, 2.05) is 0 Å². The Morgan fingerprint density at radius 2 is 1.76 bits per heavy atom. The third-order valence-corrected chi connectivity index (χ3v) is 5.13. The molecule has 0 saturated heterocycles. The van der Waals surface area contributed by atoms with Crippen LogP contribution in [0.15, 0.2) is 88.1 Å². The van der Waals surface area contributed by atoms with Crippen LogP contribution in [0.25, 0.3) is 6.08 Å². The summed E-state index contributed by atoms with van der Waals surface area (Å²) in [7, 11) is 0. The number of nitrogens with zero attached hydrogens (tertiary/aromatic N) is 2. The van der Waals surface area contributed by atoms with Crippen LogP contribution in [-0.2, 0) is 9.59 Å². The molecule has 2 amide bonds. The highest BCUT2D eigenvalue weighted by Crippen LogP contribution is 2.22. The van der Waals surface area contributed by atoms with E-state index < -0.39 is 29.3 Å². The highest BCUT2D eigenvalue weighted by atomic mass is 79.9. The molecule has 12 heteroatoms. The van der Waals surface area contributed by atoms with E-state index in [2.05, 4.69) is 31.8 Å². The molecule has 0 aliphatic heterocycles. The number of carboxylic acid groups (broad SMARTS) is 1. The van der Waals surface area contributed by atoms with Gasteiger partial charge in [-0.3, -0.25) is 19.7 Å². The second-order valence-corrected chi connectivity index (χ2v) is 8.21. The average molecular weight is 567 g/mol. The fourth-order valence-corrected chi connectivity index (χ4v) is 3.29. The number of carbonyl (C=O) groups excluding carboxylic acids is 2. The summed E-state index contributed by atoms with van der Waals surface area (Å²) in [6, 6.07) is 18.4. The van der Waals surface area contributed by atoms with Crippen LogP contribution >= 0.6 is 15.9 Å². The largest absolute Gasteiger partial charge is 0.481 e. The number of aliphatic carboxylic acids is 1. The Kier molecular flexibility index (Phi) is 9.22. The summed E-state index contributed by atoms with van der Waals surface area (Å²) in [5, 5.41) is 26.2. The fraction of sp³-hybridized carbons (Fsp3) is 0.0400. The van der Waals surface area contributed by atoms with Crippen LogP contribution in [-0.4, -0.2) is 40.6 Å². The minimum atomic E-state index is -1.16. The van der Waals surface area contributed by atoms with E-state index in [4.69, 9.17) is 9.84 Å². The van der Waals surface area contributed by atoms with Gasteiger partial charge in [-0.25, -0.2) is 10.2 Å². The Balaban J connectivity index is 1.83. The van der Waals surface area contributed by atoms with Crippen molar-refractivity contribution in [1.82, 2.24) is 10.7 Å². The molecule has 0 unspecified atom stereocenters. The molecule has 0 atom stereocenters. The van der Waals surface area contributed by atoms with E-state index in [1.54, 1.807) is 42.5 Å². The normalized spacial score (nSPS) is 11.1. The van der Waals surface area contributed by atoms with Crippen molar-refractivity contribution in [3.63, 3.8) is 0 Å². The summed E-state index contributed by atoms with van der Waals surface area (Å²) >= 11 is 3.30. The molecule has 37 heavy (non-hydrogen) atoms. The Hall–Kier alpha value is -4.84. The lowest BCUT2D eigenvalue weighted by atomic mass is 10.1. The number of nitro benzene ring substituents is 1. The number of hydrogen-bond donors (Lipinski definition) is 3. The van der Waals surface area contributed by atoms with Crippen molar-refractivity contribution < 1.29 is 29.2 Å². The minimum absolute atomic E-state index is 0.129. The van der Waals surface area contributed by atoms with Crippen molar-refractivity contribution in [2.75, 3.05) is 6.61 Å². The third-order valence-electron chi connectivity index (χ3n) is 4.64. The minimum Gasteiger partial charge on any atom is -0.481 e. The van der Waals surface area contributed by atoms with Crippen molar-refractivity contribution in [1.29, 1.82) is 0 Å². The van der Waals surface area contributed by atoms with Gasteiger partial charge >= 0.3 is 5.97 Å². The Labute approximate surface area is 218 Å². The molecule has 3 aromatic rings. The van der Waals surface area contributed by atoms with Gasteiger partial charge in [0.15, 0.2) is 6.61 Å². The number of carbonyl (C=O) groups is 3. The van der Waals surface area contributed by atoms with Gasteiger partial charge in [0, 0.05) is 27.7 Å². The van der Waals surface area contributed by atoms with Gasteiger partial charge in [0.2, 0.25) is 0 Å². The number of halogens is 1. The van der Waals surface area contributed by atoms with E-state index in [1.165, 1.54) is 42.6 Å². The van der Waals surface area contributed by atoms with E-state index in [9.17, 15) is 24.5 Å². The van der Waals surface area contributed by atoms with E-state index >= 15 is 0 Å². The number of hydrazone groups is 1. The SMILES string of the molecule is O=C(O)COc1ccc(Br)cc1/C=N\NC(=O)/C(=C/c1ccc([N+](=O)[O-])cc1)NC(=O)c1ccccc1. The number of amides is 2. The zero-order valence-electron chi connectivity index (χ0n) is 19.0. The number of non-ortho nitro benzene ring substituents is 1. The lowest BCUT2D eigenvalue weighted by Gasteiger charge is -2.10. The van der Waals surface area contributed by atoms with E-state index in [0.29, 0.717) is 21.2 Å². The number of nitrogens with one attached hydrogen (secondary N) is 2. The van der Waals surface area contributed by atoms with Crippen molar-refractivity contribution in [3.05, 3.63) is 110 Å². The maximum atomic E-state index is 12.9. The van der Waals surface area contributed by atoms with Gasteiger partial charge in [0.1, 0.15) is 11.4 Å². The number of carboxylic acids is 1. The highest BCUT2D eigenvalue weighted by molar-refractivity contribution is 9.10. The second kappa shape index (κ2) is 12.7. The van der Waals surface area contributed by atoms with Gasteiger partial charge in [-0.2, -0.15) is 5.10 Å². The molecule has 11 nitrogen and oxygen atoms in total. The van der Waals surface area contributed by atoms with Gasteiger partial charge in [0.25, 0.3) is 17.5 Å². The Morgan fingerprint density at radius 1 is 1.05 bits per heavy atom. The van der Waals surface area contributed by atoms with Crippen LogP contribution in [0.4, 0.5) is 5.69 Å². The number of rotatable bonds is 10. The first kappa shape index (κ1) is 26.8. The van der Waals surface area contributed by atoms with Gasteiger partial charge < -0.3 is 15.2 Å². The second-order valence-electron chi connectivity index (χ2n) is 7.29. The summed E-state index contributed by atoms with van der Waals surface area (Å²) < 4.78 is 5.89. The molecule has 0 bridgehead atoms. The smallest absolute Gasteiger partial charge is 0.341 e. The third kappa shape index (κ3) is 8.11. The summed E-state index contributed by atoms with van der Waals surface area (Å²) in [5.74, 6) is -2.26. The average Bonchev–Trinajstić information content (AvgIpc) is 2.88. The number of hydrogen-bond acceptors (Lipinski definition) is 7. The molecule has 0 heterocycles. The first-order chi connectivity index (χ1) is 17.7. The predicted molar refractivity (Wildman–Crippen MR) is 138 cm³/mol. The lowest BCUT2D eigenvalue weighted by Crippen LogP contribution is -2.32. The standard InChI is InChI=1S/C25H19BrN4O7/c26-19-8-11-22(37-15-23(31)32)18(13-19)14-27-29-25(34)21(28-24(33)17-4-2-1-3-5-17)12-16-6-9-20(10-7-16)30(35)36/h1-14H,15H2,(H,28,33)(H,29,34)(H,31,32)/b21-12-,27-14-. The summed E-state index contributed by atoms with van der Waals surface area (Å²) in [4.78, 5) is 46.8. The van der Waals surface area contributed by atoms with Crippen LogP contribution in [0.1, 0.15) is 21.5 Å². The van der Waals surface area contributed by atoms with Crippen LogP contribution in [0.3, 0.4) is 0 Å². The first-order valence-corrected chi connectivity index (χ1v) is 11.3. The molecule has 3 N–H and O–H groups in total. The quantitative estimate of drug-likeness (QED) is 0.146. The molecule has 0 radical (unpaired) electrons. The number of nitro groups is 1. The van der Waals surface area contributed by atoms with Crippen molar-refractivity contribution in [3.8, 4) is 5.75 Å². The Morgan fingerprint density at radius 3 is 2.41 bits per heavy atom. The maximum absolute atomic E-state index is 12.9. The number of benzene rings is 3. The van der Waals surface area contributed by atoms with Crippen molar-refractivity contribution in [2.24, 2.45) is 5.10 Å². The first-order valence-electron chi connectivity index (χ1n) is 10.5.